The van der Waals surface area contributed by atoms with Crippen LogP contribution >= 0.6 is 0 Å². The van der Waals surface area contributed by atoms with Gasteiger partial charge in [-0.1, -0.05) is 18.2 Å². The minimum absolute atomic E-state index is 0.0936. The van der Waals surface area contributed by atoms with E-state index in [1.54, 1.807) is 0 Å². The Kier molecular flexibility index (Phi) is 4.92. The summed E-state index contributed by atoms with van der Waals surface area (Å²) in [5.41, 5.74) is 3.59. The van der Waals surface area contributed by atoms with Gasteiger partial charge >= 0.3 is 0 Å². The Morgan fingerprint density at radius 1 is 1.12 bits per heavy atom. The number of para-hydroxylation sites is 1. The maximum absolute atomic E-state index is 11.9. The first kappa shape index (κ1) is 14.0. The van der Waals surface area contributed by atoms with Crippen molar-refractivity contribution < 1.29 is 8.42 Å². The molecule has 0 aliphatic carbocycles. The van der Waals surface area contributed by atoms with Crippen LogP contribution in [0.2, 0.25) is 0 Å². The van der Waals surface area contributed by atoms with Crippen LogP contribution in [0.3, 0.4) is 0 Å². The summed E-state index contributed by atoms with van der Waals surface area (Å²) in [5, 5.41) is 0. The summed E-state index contributed by atoms with van der Waals surface area (Å²) in [4.78, 5) is 1.84. The molecule has 96 valence electrons. The molecule has 0 fully saturated rings. The predicted octanol–water partition coefficient (Wildman–Crippen LogP) is 0.837. The molecule has 5 nitrogen and oxygen atoms in total. The van der Waals surface area contributed by atoms with Gasteiger partial charge < -0.3 is 10.3 Å². The largest absolute Gasteiger partial charge is 0.308 e. The molecule has 0 saturated carbocycles. The summed E-state index contributed by atoms with van der Waals surface area (Å²) in [5.74, 6) is 0.0936. The highest BCUT2D eigenvalue weighted by Gasteiger charge is 2.17. The third kappa shape index (κ3) is 4.72. The van der Waals surface area contributed by atoms with E-state index >= 15 is 0 Å². The molecule has 0 unspecified atom stereocenters. The molecule has 0 aromatic heterocycles. The quantitative estimate of drug-likeness (QED) is 0.767. The van der Waals surface area contributed by atoms with Gasteiger partial charge in [0.25, 0.3) is 0 Å². The van der Waals surface area contributed by atoms with Crippen LogP contribution in [-0.2, 0) is 10.0 Å². The van der Waals surface area contributed by atoms with Crippen LogP contribution in [0.25, 0.3) is 0 Å². The van der Waals surface area contributed by atoms with Gasteiger partial charge in [0.15, 0.2) is 0 Å². The Morgan fingerprint density at radius 3 is 2.24 bits per heavy atom. The van der Waals surface area contributed by atoms with E-state index in [1.165, 1.54) is 7.05 Å². The number of nitrogens with zero attached hydrogens (tertiary/aromatic N) is 2. The fraction of sp³-hybridized carbons (Fsp3) is 0.455. The van der Waals surface area contributed by atoms with Crippen molar-refractivity contribution >= 4 is 15.7 Å². The number of benzene rings is 1. The number of rotatable bonds is 6. The van der Waals surface area contributed by atoms with E-state index in [0.717, 1.165) is 10.1 Å². The molecule has 0 heterocycles. The molecular weight excluding hydrogens is 238 g/mol. The van der Waals surface area contributed by atoms with Gasteiger partial charge in [-0.15, -0.1) is 4.41 Å². The summed E-state index contributed by atoms with van der Waals surface area (Å²) in [6.45, 7) is 0.503. The molecule has 1 N–H and O–H groups in total. The average molecular weight is 257 g/mol. The lowest BCUT2D eigenvalue weighted by atomic mass is 10.3. The van der Waals surface area contributed by atoms with Crippen LogP contribution in [-0.4, -0.2) is 51.2 Å². The summed E-state index contributed by atoms with van der Waals surface area (Å²) in [7, 11) is 1.93. The van der Waals surface area contributed by atoms with Crippen molar-refractivity contribution in [2.75, 3.05) is 38.9 Å². The van der Waals surface area contributed by atoms with E-state index in [9.17, 15) is 8.42 Å². The smallest absolute Gasteiger partial charge is 0.231 e. The van der Waals surface area contributed by atoms with Gasteiger partial charge in [0, 0.05) is 13.6 Å². The van der Waals surface area contributed by atoms with Crippen molar-refractivity contribution in [2.24, 2.45) is 0 Å². The summed E-state index contributed by atoms with van der Waals surface area (Å²) < 4.78 is 24.9. The molecule has 0 amide bonds. The van der Waals surface area contributed by atoms with Crippen LogP contribution in [0.1, 0.15) is 0 Å². The Balaban J connectivity index is 2.60. The fourth-order valence-corrected chi connectivity index (χ4v) is 2.31. The van der Waals surface area contributed by atoms with Crippen molar-refractivity contribution in [2.45, 2.75) is 0 Å². The number of nitrogens with one attached hydrogen (secondary N) is 1. The number of anilines is 1. The first-order chi connectivity index (χ1) is 7.92. The second-order valence-corrected chi connectivity index (χ2v) is 6.18. The maximum atomic E-state index is 11.9. The molecule has 6 heteroatoms. The van der Waals surface area contributed by atoms with Gasteiger partial charge in [-0.3, -0.25) is 0 Å². The lowest BCUT2D eigenvalue weighted by Gasteiger charge is -2.20. The van der Waals surface area contributed by atoms with Crippen LogP contribution in [0.5, 0.6) is 0 Å². The zero-order valence-electron chi connectivity index (χ0n) is 10.4. The topological polar surface area (TPSA) is 52.7 Å². The van der Waals surface area contributed by atoms with Crippen LogP contribution in [0.4, 0.5) is 5.69 Å². The predicted molar refractivity (Wildman–Crippen MR) is 70.2 cm³/mol. The molecule has 0 spiro atoms. The highest BCUT2D eigenvalue weighted by molar-refractivity contribution is 7.89. The monoisotopic (exact) mass is 257 g/mol. The highest BCUT2D eigenvalue weighted by atomic mass is 32.2. The molecule has 0 saturated heterocycles. The third-order valence-electron chi connectivity index (χ3n) is 2.27. The molecule has 1 rings (SSSR count). The SMILES string of the molecule is CN(C)CCS(=O)(=O)N(C)Nc1ccccc1. The minimum atomic E-state index is -3.27. The van der Waals surface area contributed by atoms with Crippen LogP contribution in [0, 0.1) is 0 Å². The summed E-state index contributed by atoms with van der Waals surface area (Å²) >= 11 is 0. The Bertz CT molecular complexity index is 431. The van der Waals surface area contributed by atoms with Crippen molar-refractivity contribution in [3.05, 3.63) is 30.3 Å². The van der Waals surface area contributed by atoms with E-state index in [-0.39, 0.29) is 5.75 Å². The van der Waals surface area contributed by atoms with Crippen LogP contribution in [0.15, 0.2) is 30.3 Å². The number of hydrogen-bond acceptors (Lipinski definition) is 4. The maximum Gasteiger partial charge on any atom is 0.231 e. The average Bonchev–Trinajstić information content (AvgIpc) is 2.28. The number of hydrogen-bond donors (Lipinski definition) is 1. The first-order valence-corrected chi connectivity index (χ1v) is 6.96. The standard InChI is InChI=1S/C11H19N3O2S/c1-13(2)9-10-17(15,16)14(3)12-11-7-5-4-6-8-11/h4-8,12H,9-10H2,1-3H3. The second-order valence-electron chi connectivity index (χ2n) is 4.06. The van der Waals surface area contributed by atoms with Gasteiger partial charge in [0.05, 0.1) is 11.4 Å². The summed E-state index contributed by atoms with van der Waals surface area (Å²) in [6, 6.07) is 9.22. The number of sulfonamides is 1. The van der Waals surface area contributed by atoms with Gasteiger partial charge in [0.1, 0.15) is 0 Å². The Hall–Kier alpha value is -1.11. The molecule has 17 heavy (non-hydrogen) atoms. The summed E-state index contributed by atoms with van der Waals surface area (Å²) in [6.07, 6.45) is 0. The molecular formula is C11H19N3O2S. The molecule has 0 aliphatic rings. The normalized spacial score (nSPS) is 12.1. The van der Waals surface area contributed by atoms with Crippen molar-refractivity contribution in [3.8, 4) is 0 Å². The molecule has 0 radical (unpaired) electrons. The Labute approximate surface area is 103 Å². The molecule has 1 aromatic rings. The molecule has 0 bridgehead atoms. The van der Waals surface area contributed by atoms with E-state index in [2.05, 4.69) is 5.43 Å². The molecule has 0 aliphatic heterocycles. The fourth-order valence-electron chi connectivity index (χ4n) is 1.20. The zero-order chi connectivity index (χ0) is 12.9. The lowest BCUT2D eigenvalue weighted by molar-refractivity contribution is 0.425. The molecule has 1 aromatic carbocycles. The first-order valence-electron chi connectivity index (χ1n) is 5.35. The van der Waals surface area contributed by atoms with Gasteiger partial charge in [-0.25, -0.2) is 8.42 Å². The van der Waals surface area contributed by atoms with E-state index in [0.29, 0.717) is 6.54 Å². The molecule has 0 atom stereocenters. The third-order valence-corrected chi connectivity index (χ3v) is 3.90. The van der Waals surface area contributed by atoms with E-state index < -0.39 is 10.0 Å². The van der Waals surface area contributed by atoms with E-state index in [1.807, 2.05) is 49.3 Å². The van der Waals surface area contributed by atoms with Gasteiger partial charge in [-0.2, -0.15) is 0 Å². The van der Waals surface area contributed by atoms with Crippen LogP contribution < -0.4 is 5.43 Å². The highest BCUT2D eigenvalue weighted by Crippen LogP contribution is 2.08. The van der Waals surface area contributed by atoms with E-state index in [4.69, 9.17) is 0 Å². The van der Waals surface area contributed by atoms with Gasteiger partial charge in [0.2, 0.25) is 10.0 Å². The van der Waals surface area contributed by atoms with Crippen molar-refractivity contribution in [3.63, 3.8) is 0 Å². The second kappa shape index (κ2) is 6.00. The van der Waals surface area contributed by atoms with Gasteiger partial charge in [-0.05, 0) is 26.2 Å². The lowest BCUT2D eigenvalue weighted by Crippen LogP contribution is -2.37. The minimum Gasteiger partial charge on any atom is -0.308 e. The van der Waals surface area contributed by atoms with Crippen molar-refractivity contribution in [1.29, 1.82) is 0 Å². The zero-order valence-corrected chi connectivity index (χ0v) is 11.2. The van der Waals surface area contributed by atoms with Crippen molar-refractivity contribution in [1.82, 2.24) is 9.31 Å². The number of hydrazine groups is 1. The Morgan fingerprint density at radius 2 is 1.71 bits per heavy atom.